The van der Waals surface area contributed by atoms with E-state index in [4.69, 9.17) is 22.0 Å². The second-order valence-corrected chi connectivity index (χ2v) is 3.85. The summed E-state index contributed by atoms with van der Waals surface area (Å²) in [5, 5.41) is 7.76. The summed E-state index contributed by atoms with van der Waals surface area (Å²) in [6.07, 6.45) is 1.61. The number of hydrogen-bond acceptors (Lipinski definition) is 6. The Hall–Kier alpha value is -1.34. The summed E-state index contributed by atoms with van der Waals surface area (Å²) in [5.41, 5.74) is 11.1. The van der Waals surface area contributed by atoms with E-state index in [1.54, 1.807) is 0 Å². The van der Waals surface area contributed by atoms with Gasteiger partial charge in [-0.2, -0.15) is 0 Å². The molecule has 15 heavy (non-hydrogen) atoms. The van der Waals surface area contributed by atoms with Crippen LogP contribution < -0.4 is 17.3 Å². The molecular weight excluding hydrogens is 196 g/mol. The molecule has 6 N–H and O–H groups in total. The molecule has 0 spiro atoms. The van der Waals surface area contributed by atoms with Crippen LogP contribution in [-0.2, 0) is 10.2 Å². The van der Waals surface area contributed by atoms with E-state index >= 15 is 0 Å². The van der Waals surface area contributed by atoms with Crippen molar-refractivity contribution in [2.75, 3.05) is 31.3 Å². The molecule has 1 fully saturated rings. The largest absolute Gasteiger partial charge is 0.381 e. The Bertz CT molecular complexity index is 343. The van der Waals surface area contributed by atoms with E-state index in [2.05, 4.69) is 10.2 Å². The van der Waals surface area contributed by atoms with Gasteiger partial charge in [0.2, 0.25) is 5.95 Å². The van der Waals surface area contributed by atoms with Crippen molar-refractivity contribution in [2.45, 2.75) is 18.3 Å². The van der Waals surface area contributed by atoms with Gasteiger partial charge in [0.05, 0.1) is 0 Å². The Morgan fingerprint density at radius 1 is 1.33 bits per heavy atom. The van der Waals surface area contributed by atoms with E-state index in [1.165, 1.54) is 4.68 Å². The Morgan fingerprint density at radius 2 is 2.00 bits per heavy atom. The Balaban J connectivity index is 2.36. The van der Waals surface area contributed by atoms with Gasteiger partial charge in [-0.25, -0.2) is 4.68 Å². The fraction of sp³-hybridized carbons (Fsp3) is 0.750. The third kappa shape index (κ3) is 1.53. The van der Waals surface area contributed by atoms with Crippen molar-refractivity contribution in [1.29, 1.82) is 0 Å². The number of nitrogen functional groups attached to an aromatic ring is 2. The molecule has 2 heterocycles. The van der Waals surface area contributed by atoms with Crippen LogP contribution in [0.2, 0.25) is 0 Å². The molecule has 7 nitrogen and oxygen atoms in total. The minimum Gasteiger partial charge on any atom is -0.381 e. The number of rotatable bonds is 2. The van der Waals surface area contributed by atoms with Gasteiger partial charge in [-0.1, -0.05) is 0 Å². The van der Waals surface area contributed by atoms with Gasteiger partial charge in [0, 0.05) is 25.2 Å². The first kappa shape index (κ1) is 10.2. The van der Waals surface area contributed by atoms with Crippen molar-refractivity contribution in [3.8, 4) is 0 Å². The zero-order chi connectivity index (χ0) is 10.9. The maximum absolute atomic E-state index is 5.82. The first-order chi connectivity index (χ1) is 7.19. The molecular formula is C8H16N6O. The SMILES string of the molecule is NCC1(c2nnc(N)n2N)CCOCC1. The molecule has 0 aliphatic carbocycles. The predicted molar refractivity (Wildman–Crippen MR) is 55.4 cm³/mol. The fourth-order valence-electron chi connectivity index (χ4n) is 1.95. The van der Waals surface area contributed by atoms with Gasteiger partial charge in [0.25, 0.3) is 0 Å². The molecule has 1 aromatic rings. The number of aromatic nitrogens is 3. The lowest BCUT2D eigenvalue weighted by Crippen LogP contribution is -2.43. The molecule has 7 heteroatoms. The van der Waals surface area contributed by atoms with Crippen LogP contribution in [0.4, 0.5) is 5.95 Å². The molecule has 0 saturated carbocycles. The second kappa shape index (κ2) is 3.67. The topological polar surface area (TPSA) is 118 Å². The third-order valence-corrected chi connectivity index (χ3v) is 3.04. The molecule has 0 bridgehead atoms. The van der Waals surface area contributed by atoms with Crippen LogP contribution in [0, 0.1) is 0 Å². The molecule has 1 aliphatic heterocycles. The van der Waals surface area contributed by atoms with E-state index in [1.807, 2.05) is 0 Å². The molecule has 84 valence electrons. The van der Waals surface area contributed by atoms with Gasteiger partial charge in [-0.05, 0) is 12.8 Å². The summed E-state index contributed by atoms with van der Waals surface area (Å²) in [6, 6.07) is 0. The van der Waals surface area contributed by atoms with Crippen molar-refractivity contribution in [3.63, 3.8) is 0 Å². The number of anilines is 1. The van der Waals surface area contributed by atoms with E-state index in [0.29, 0.717) is 25.6 Å². The highest BCUT2D eigenvalue weighted by Crippen LogP contribution is 2.32. The number of nitrogens with zero attached hydrogens (tertiary/aromatic N) is 3. The number of nitrogens with two attached hydrogens (primary N) is 3. The molecule has 0 unspecified atom stereocenters. The minimum atomic E-state index is -0.238. The first-order valence-electron chi connectivity index (χ1n) is 4.94. The lowest BCUT2D eigenvalue weighted by molar-refractivity contribution is 0.0491. The van der Waals surface area contributed by atoms with E-state index in [0.717, 1.165) is 12.8 Å². The van der Waals surface area contributed by atoms with Gasteiger partial charge in [-0.3, -0.25) is 0 Å². The number of ether oxygens (including phenoxy) is 1. The highest BCUT2D eigenvalue weighted by molar-refractivity contribution is 5.23. The van der Waals surface area contributed by atoms with Crippen LogP contribution in [0.3, 0.4) is 0 Å². The Kier molecular flexibility index (Phi) is 2.49. The summed E-state index contributed by atoms with van der Waals surface area (Å²) in [4.78, 5) is 0. The highest BCUT2D eigenvalue weighted by atomic mass is 16.5. The first-order valence-corrected chi connectivity index (χ1v) is 4.94. The van der Waals surface area contributed by atoms with Crippen molar-refractivity contribution >= 4 is 5.95 Å². The Labute approximate surface area is 87.5 Å². The second-order valence-electron chi connectivity index (χ2n) is 3.85. The lowest BCUT2D eigenvalue weighted by Gasteiger charge is -2.34. The summed E-state index contributed by atoms with van der Waals surface area (Å²) >= 11 is 0. The monoisotopic (exact) mass is 212 g/mol. The average molecular weight is 212 g/mol. The van der Waals surface area contributed by atoms with Crippen LogP contribution in [0.15, 0.2) is 0 Å². The van der Waals surface area contributed by atoms with Crippen LogP contribution in [0.25, 0.3) is 0 Å². The average Bonchev–Trinajstić information content (AvgIpc) is 2.61. The van der Waals surface area contributed by atoms with E-state index in [-0.39, 0.29) is 11.4 Å². The van der Waals surface area contributed by atoms with Gasteiger partial charge >= 0.3 is 0 Å². The van der Waals surface area contributed by atoms with Crippen LogP contribution >= 0.6 is 0 Å². The van der Waals surface area contributed by atoms with Gasteiger partial charge in [-0.15, -0.1) is 10.2 Å². The van der Waals surface area contributed by atoms with Crippen molar-refractivity contribution in [1.82, 2.24) is 14.9 Å². The lowest BCUT2D eigenvalue weighted by atomic mass is 9.79. The van der Waals surface area contributed by atoms with E-state index < -0.39 is 0 Å². The van der Waals surface area contributed by atoms with Crippen LogP contribution in [0.5, 0.6) is 0 Å². The summed E-state index contributed by atoms with van der Waals surface area (Å²) in [6.45, 7) is 1.82. The molecule has 1 saturated heterocycles. The van der Waals surface area contributed by atoms with Crippen molar-refractivity contribution in [2.24, 2.45) is 5.73 Å². The Morgan fingerprint density at radius 3 is 2.47 bits per heavy atom. The molecule has 0 atom stereocenters. The zero-order valence-corrected chi connectivity index (χ0v) is 8.52. The molecule has 0 aromatic carbocycles. The van der Waals surface area contributed by atoms with Crippen molar-refractivity contribution < 1.29 is 4.74 Å². The maximum Gasteiger partial charge on any atom is 0.240 e. The van der Waals surface area contributed by atoms with Crippen LogP contribution in [0.1, 0.15) is 18.7 Å². The standard InChI is InChI=1S/C8H16N6O/c9-5-8(1-3-15-4-2-8)6-12-13-7(10)14(6)11/h1-5,9,11H2,(H2,10,13). The molecule has 1 aliphatic rings. The highest BCUT2D eigenvalue weighted by Gasteiger charge is 2.38. The minimum absolute atomic E-state index is 0.212. The maximum atomic E-state index is 5.82. The van der Waals surface area contributed by atoms with E-state index in [9.17, 15) is 0 Å². The fourth-order valence-corrected chi connectivity index (χ4v) is 1.95. The van der Waals surface area contributed by atoms with Gasteiger partial charge in [0.15, 0.2) is 5.82 Å². The van der Waals surface area contributed by atoms with Gasteiger partial charge < -0.3 is 22.0 Å². The normalized spacial score (nSPS) is 20.3. The van der Waals surface area contributed by atoms with Crippen LogP contribution in [-0.4, -0.2) is 34.6 Å². The molecule has 0 radical (unpaired) electrons. The molecule has 0 amide bonds. The van der Waals surface area contributed by atoms with Gasteiger partial charge in [0.1, 0.15) is 0 Å². The third-order valence-electron chi connectivity index (χ3n) is 3.04. The number of hydrogen-bond donors (Lipinski definition) is 3. The van der Waals surface area contributed by atoms with Crippen molar-refractivity contribution in [3.05, 3.63) is 5.82 Å². The summed E-state index contributed by atoms with van der Waals surface area (Å²) < 4.78 is 6.63. The smallest absolute Gasteiger partial charge is 0.240 e. The zero-order valence-electron chi connectivity index (χ0n) is 8.52. The molecule has 2 rings (SSSR count). The quantitative estimate of drug-likeness (QED) is 0.518. The summed E-state index contributed by atoms with van der Waals surface area (Å²) in [5.74, 6) is 6.63. The summed E-state index contributed by atoms with van der Waals surface area (Å²) in [7, 11) is 0. The predicted octanol–water partition coefficient (Wildman–Crippen LogP) is -1.42. The molecule has 1 aromatic heterocycles.